The molecule has 152 valence electrons. The first-order valence-electron chi connectivity index (χ1n) is 9.47. The molecular formula is C19H26BNO7. The Hall–Kier alpha value is -1.94. The fourth-order valence-corrected chi connectivity index (χ4v) is 3.37. The number of rotatable bonds is 5. The van der Waals surface area contributed by atoms with E-state index in [1.807, 2.05) is 13.8 Å². The zero-order chi connectivity index (χ0) is 20.3. The van der Waals surface area contributed by atoms with E-state index in [1.165, 1.54) is 0 Å². The van der Waals surface area contributed by atoms with Crippen molar-refractivity contribution >= 4 is 24.5 Å². The largest absolute Gasteiger partial charge is 0.492 e. The molecule has 3 rings (SSSR count). The van der Waals surface area contributed by atoms with Crippen molar-refractivity contribution in [1.29, 1.82) is 0 Å². The van der Waals surface area contributed by atoms with Gasteiger partial charge in [0, 0.05) is 5.56 Å². The second kappa shape index (κ2) is 9.04. The van der Waals surface area contributed by atoms with E-state index in [0.29, 0.717) is 36.4 Å². The lowest BCUT2D eigenvalue weighted by Gasteiger charge is -2.24. The van der Waals surface area contributed by atoms with Crippen LogP contribution in [0.15, 0.2) is 12.1 Å². The van der Waals surface area contributed by atoms with Gasteiger partial charge in [-0.05, 0) is 35.5 Å². The van der Waals surface area contributed by atoms with E-state index in [4.69, 9.17) is 18.9 Å². The van der Waals surface area contributed by atoms with Crippen LogP contribution in [0.5, 0.6) is 0 Å². The molecule has 1 amide bonds. The summed E-state index contributed by atoms with van der Waals surface area (Å²) in [6.45, 7) is 7.20. The Balaban J connectivity index is 1.71. The van der Waals surface area contributed by atoms with Crippen LogP contribution in [-0.4, -0.2) is 62.6 Å². The van der Waals surface area contributed by atoms with Crippen molar-refractivity contribution in [2.24, 2.45) is 5.92 Å². The SMILES string of the molecule is Cc1c(C(=O)NC(C(=O)OC2COCCOC2)C(C)C)ccc2c1B(O)OC2. The predicted octanol–water partition coefficient (Wildman–Crippen LogP) is -0.0743. The van der Waals surface area contributed by atoms with Gasteiger partial charge in [-0.2, -0.15) is 0 Å². The second-order valence-electron chi connectivity index (χ2n) is 7.38. The summed E-state index contributed by atoms with van der Waals surface area (Å²) in [5.74, 6) is -1.10. The van der Waals surface area contributed by atoms with Crippen LogP contribution in [0.3, 0.4) is 0 Å². The van der Waals surface area contributed by atoms with Gasteiger partial charge >= 0.3 is 13.1 Å². The summed E-state index contributed by atoms with van der Waals surface area (Å²) in [5, 5.41) is 12.7. The predicted molar refractivity (Wildman–Crippen MR) is 101 cm³/mol. The Labute approximate surface area is 164 Å². The monoisotopic (exact) mass is 391 g/mol. The van der Waals surface area contributed by atoms with E-state index in [2.05, 4.69) is 5.32 Å². The summed E-state index contributed by atoms with van der Waals surface area (Å²) in [4.78, 5) is 25.5. The quantitative estimate of drug-likeness (QED) is 0.535. The maximum Gasteiger partial charge on any atom is 0.492 e. The molecule has 2 heterocycles. The van der Waals surface area contributed by atoms with Crippen LogP contribution < -0.4 is 10.8 Å². The molecule has 0 aromatic heterocycles. The normalized spacial score (nSPS) is 18.5. The summed E-state index contributed by atoms with van der Waals surface area (Å²) in [5.41, 5.74) is 2.50. The molecule has 0 aliphatic carbocycles. The maximum absolute atomic E-state index is 12.8. The first-order valence-corrected chi connectivity index (χ1v) is 9.47. The van der Waals surface area contributed by atoms with Crippen molar-refractivity contribution in [3.63, 3.8) is 0 Å². The van der Waals surface area contributed by atoms with Crippen molar-refractivity contribution in [2.75, 3.05) is 26.4 Å². The zero-order valence-electron chi connectivity index (χ0n) is 16.4. The number of nitrogens with one attached hydrogen (secondary N) is 1. The molecule has 1 aromatic carbocycles. The third kappa shape index (κ3) is 4.55. The molecule has 0 radical (unpaired) electrons. The lowest BCUT2D eigenvalue weighted by Crippen LogP contribution is -2.47. The number of ether oxygens (including phenoxy) is 3. The summed E-state index contributed by atoms with van der Waals surface area (Å²) in [6, 6.07) is 2.63. The number of hydrogen-bond acceptors (Lipinski definition) is 7. The topological polar surface area (TPSA) is 103 Å². The van der Waals surface area contributed by atoms with Crippen LogP contribution in [0, 0.1) is 12.8 Å². The molecule has 2 N–H and O–H groups in total. The van der Waals surface area contributed by atoms with Gasteiger partial charge in [-0.25, -0.2) is 4.79 Å². The van der Waals surface area contributed by atoms with Crippen molar-refractivity contribution in [3.8, 4) is 0 Å². The number of fused-ring (bicyclic) bond motifs is 1. The molecule has 1 atom stereocenters. The number of carbonyl (C=O) groups is 2. The van der Waals surface area contributed by atoms with E-state index < -0.39 is 31.1 Å². The van der Waals surface area contributed by atoms with Gasteiger partial charge in [0.25, 0.3) is 5.91 Å². The molecule has 1 saturated heterocycles. The molecule has 1 unspecified atom stereocenters. The van der Waals surface area contributed by atoms with Crippen LogP contribution in [0.1, 0.15) is 35.3 Å². The summed E-state index contributed by atoms with van der Waals surface area (Å²) >= 11 is 0. The average molecular weight is 391 g/mol. The highest BCUT2D eigenvalue weighted by Crippen LogP contribution is 2.17. The summed E-state index contributed by atoms with van der Waals surface area (Å²) in [6.07, 6.45) is -0.498. The number of esters is 1. The van der Waals surface area contributed by atoms with Crippen LogP contribution in [-0.2, 0) is 30.3 Å². The summed E-state index contributed by atoms with van der Waals surface area (Å²) in [7, 11) is -1.04. The Bertz CT molecular complexity index is 731. The third-order valence-corrected chi connectivity index (χ3v) is 4.96. The Morgan fingerprint density at radius 3 is 2.57 bits per heavy atom. The third-order valence-electron chi connectivity index (χ3n) is 4.96. The standard InChI is InChI=1S/C19H26BNO7/c1-11(2)17(19(23)28-14-9-25-6-7-26-10-14)21-18(22)15-5-4-13-8-27-20(24)16(13)12(15)3/h4-5,11,14,17,24H,6-10H2,1-3H3,(H,21,22). The first kappa shape index (κ1) is 20.8. The van der Waals surface area contributed by atoms with Crippen molar-refractivity contribution < 1.29 is 33.5 Å². The van der Waals surface area contributed by atoms with Gasteiger partial charge in [0.05, 0.1) is 33.0 Å². The van der Waals surface area contributed by atoms with Gasteiger partial charge < -0.3 is 29.2 Å². The molecule has 0 saturated carbocycles. The molecule has 28 heavy (non-hydrogen) atoms. The van der Waals surface area contributed by atoms with E-state index in [1.54, 1.807) is 19.1 Å². The highest BCUT2D eigenvalue weighted by Gasteiger charge is 2.33. The minimum atomic E-state index is -1.04. The molecular weight excluding hydrogens is 365 g/mol. The molecule has 2 aliphatic heterocycles. The molecule has 8 nitrogen and oxygen atoms in total. The Morgan fingerprint density at radius 1 is 1.25 bits per heavy atom. The van der Waals surface area contributed by atoms with E-state index >= 15 is 0 Å². The maximum atomic E-state index is 12.8. The highest BCUT2D eigenvalue weighted by atomic mass is 16.6. The van der Waals surface area contributed by atoms with Gasteiger partial charge in [-0.3, -0.25) is 4.79 Å². The van der Waals surface area contributed by atoms with Gasteiger partial charge in [0.15, 0.2) is 0 Å². The van der Waals surface area contributed by atoms with Crippen LogP contribution in [0.2, 0.25) is 0 Å². The molecule has 9 heteroatoms. The smallest absolute Gasteiger partial charge is 0.456 e. The number of benzene rings is 1. The van der Waals surface area contributed by atoms with Gasteiger partial charge in [0.1, 0.15) is 12.1 Å². The fourth-order valence-electron chi connectivity index (χ4n) is 3.37. The van der Waals surface area contributed by atoms with E-state index in [-0.39, 0.29) is 19.1 Å². The zero-order valence-corrected chi connectivity index (χ0v) is 16.4. The molecule has 1 fully saturated rings. The second-order valence-corrected chi connectivity index (χ2v) is 7.38. The lowest BCUT2D eigenvalue weighted by molar-refractivity contribution is -0.156. The van der Waals surface area contributed by atoms with Gasteiger partial charge in [-0.1, -0.05) is 19.9 Å². The van der Waals surface area contributed by atoms with Crippen LogP contribution >= 0.6 is 0 Å². The van der Waals surface area contributed by atoms with Crippen LogP contribution in [0.25, 0.3) is 0 Å². The molecule has 0 bridgehead atoms. The first-order chi connectivity index (χ1) is 13.4. The minimum absolute atomic E-state index is 0.173. The Kier molecular flexibility index (Phi) is 6.71. The summed E-state index contributed by atoms with van der Waals surface area (Å²) < 4.78 is 21.4. The van der Waals surface area contributed by atoms with E-state index in [0.717, 1.165) is 5.56 Å². The lowest BCUT2D eigenvalue weighted by atomic mass is 9.75. The molecule has 0 spiro atoms. The number of carbonyl (C=O) groups excluding carboxylic acids is 2. The Morgan fingerprint density at radius 2 is 1.93 bits per heavy atom. The molecule has 2 aliphatic rings. The van der Waals surface area contributed by atoms with Gasteiger partial charge in [-0.15, -0.1) is 0 Å². The van der Waals surface area contributed by atoms with Gasteiger partial charge in [0.2, 0.25) is 0 Å². The van der Waals surface area contributed by atoms with E-state index in [9.17, 15) is 14.6 Å². The molecule has 1 aromatic rings. The number of hydrogen-bond donors (Lipinski definition) is 2. The minimum Gasteiger partial charge on any atom is -0.456 e. The average Bonchev–Trinajstić information content (AvgIpc) is 2.86. The van der Waals surface area contributed by atoms with Crippen LogP contribution in [0.4, 0.5) is 0 Å². The highest BCUT2D eigenvalue weighted by molar-refractivity contribution is 6.62. The van der Waals surface area contributed by atoms with Crippen molar-refractivity contribution in [1.82, 2.24) is 5.32 Å². The van der Waals surface area contributed by atoms with Crippen molar-refractivity contribution in [2.45, 2.75) is 39.5 Å². The van der Waals surface area contributed by atoms with Crippen molar-refractivity contribution in [3.05, 3.63) is 28.8 Å². The fraction of sp³-hybridized carbons (Fsp3) is 0.579. The number of amides is 1.